The van der Waals surface area contributed by atoms with Gasteiger partial charge in [-0.05, 0) is 30.5 Å². The van der Waals surface area contributed by atoms with E-state index < -0.39 is 16.2 Å². The van der Waals surface area contributed by atoms with Crippen molar-refractivity contribution < 1.29 is 9.34 Å². The van der Waals surface area contributed by atoms with Crippen LogP contribution in [0.4, 0.5) is 11.4 Å². The standard InChI is InChI=1S/C21H21N3O4/c25-21-20(24(26)27)19(17-8-4-5-9-18(17)28-21)22-16-10-12-23(13-11-16)14-15-6-2-1-3-7-15/h1-9,16,22H,10-14H2. The molecule has 4 rings (SSSR count). The molecule has 2 aromatic carbocycles. The molecule has 0 saturated carbocycles. The highest BCUT2D eigenvalue weighted by Gasteiger charge is 2.28. The Kier molecular flexibility index (Phi) is 5.08. The van der Waals surface area contributed by atoms with Crippen LogP contribution in [0.15, 0.2) is 63.8 Å². The van der Waals surface area contributed by atoms with Gasteiger partial charge >= 0.3 is 11.3 Å². The lowest BCUT2D eigenvalue weighted by Crippen LogP contribution is -2.39. The van der Waals surface area contributed by atoms with E-state index in [2.05, 4.69) is 22.3 Å². The van der Waals surface area contributed by atoms with Gasteiger partial charge in [0, 0.05) is 31.1 Å². The highest BCUT2D eigenvalue weighted by atomic mass is 16.6. The van der Waals surface area contributed by atoms with Gasteiger partial charge in [-0.3, -0.25) is 15.0 Å². The van der Waals surface area contributed by atoms with Crippen molar-refractivity contribution in [2.24, 2.45) is 0 Å². The summed E-state index contributed by atoms with van der Waals surface area (Å²) in [6.45, 7) is 2.67. The highest BCUT2D eigenvalue weighted by Crippen LogP contribution is 2.31. The Morgan fingerprint density at radius 3 is 2.46 bits per heavy atom. The van der Waals surface area contributed by atoms with Crippen LogP contribution in [-0.2, 0) is 6.54 Å². The fourth-order valence-electron chi connectivity index (χ4n) is 3.73. The molecule has 1 saturated heterocycles. The van der Waals surface area contributed by atoms with E-state index in [1.807, 2.05) is 18.2 Å². The van der Waals surface area contributed by atoms with Crippen LogP contribution in [0, 0.1) is 10.1 Å². The molecule has 1 aliphatic rings. The molecule has 0 bridgehead atoms. The van der Waals surface area contributed by atoms with E-state index >= 15 is 0 Å². The van der Waals surface area contributed by atoms with Gasteiger partial charge in [0.1, 0.15) is 11.3 Å². The zero-order valence-corrected chi connectivity index (χ0v) is 15.3. The van der Waals surface area contributed by atoms with Crippen LogP contribution in [0.3, 0.4) is 0 Å². The lowest BCUT2D eigenvalue weighted by molar-refractivity contribution is -0.386. The van der Waals surface area contributed by atoms with Crippen LogP contribution in [0.1, 0.15) is 18.4 Å². The van der Waals surface area contributed by atoms with E-state index in [1.54, 1.807) is 24.3 Å². The molecule has 0 spiro atoms. The topological polar surface area (TPSA) is 88.6 Å². The number of anilines is 1. The molecule has 2 heterocycles. The van der Waals surface area contributed by atoms with Gasteiger partial charge in [-0.25, -0.2) is 4.79 Å². The van der Waals surface area contributed by atoms with Crippen LogP contribution >= 0.6 is 0 Å². The Balaban J connectivity index is 1.52. The molecule has 1 aromatic heterocycles. The monoisotopic (exact) mass is 379 g/mol. The number of nitrogens with one attached hydrogen (secondary N) is 1. The molecule has 0 atom stereocenters. The molecule has 7 heteroatoms. The number of benzene rings is 2. The average Bonchev–Trinajstić information content (AvgIpc) is 2.70. The molecular formula is C21H21N3O4. The summed E-state index contributed by atoms with van der Waals surface area (Å²) in [6.07, 6.45) is 1.69. The average molecular weight is 379 g/mol. The Morgan fingerprint density at radius 1 is 1.07 bits per heavy atom. The maximum Gasteiger partial charge on any atom is 0.417 e. The minimum absolute atomic E-state index is 0.0657. The largest absolute Gasteiger partial charge is 0.418 e. The smallest absolute Gasteiger partial charge is 0.417 e. The summed E-state index contributed by atoms with van der Waals surface area (Å²) >= 11 is 0. The number of hydrogen-bond acceptors (Lipinski definition) is 6. The first-order valence-corrected chi connectivity index (χ1v) is 9.35. The lowest BCUT2D eigenvalue weighted by Gasteiger charge is -2.32. The third kappa shape index (κ3) is 3.75. The van der Waals surface area contributed by atoms with E-state index in [9.17, 15) is 14.9 Å². The minimum Gasteiger partial charge on any atom is -0.418 e. The van der Waals surface area contributed by atoms with Gasteiger partial charge in [0.15, 0.2) is 0 Å². The number of rotatable bonds is 5. The van der Waals surface area contributed by atoms with Crippen LogP contribution in [0.2, 0.25) is 0 Å². The Bertz CT molecular complexity index is 1040. The van der Waals surface area contributed by atoms with Crippen molar-refractivity contribution in [2.75, 3.05) is 18.4 Å². The van der Waals surface area contributed by atoms with Crippen molar-refractivity contribution in [1.29, 1.82) is 0 Å². The van der Waals surface area contributed by atoms with Crippen molar-refractivity contribution in [2.45, 2.75) is 25.4 Å². The molecule has 0 radical (unpaired) electrons. The van der Waals surface area contributed by atoms with Crippen molar-refractivity contribution in [3.8, 4) is 0 Å². The predicted molar refractivity (Wildman–Crippen MR) is 108 cm³/mol. The summed E-state index contributed by atoms with van der Waals surface area (Å²) in [7, 11) is 0. The second-order valence-electron chi connectivity index (χ2n) is 7.05. The van der Waals surface area contributed by atoms with Crippen molar-refractivity contribution in [1.82, 2.24) is 4.90 Å². The molecular weight excluding hydrogens is 358 g/mol. The van der Waals surface area contributed by atoms with Crippen LogP contribution in [-0.4, -0.2) is 29.0 Å². The number of fused-ring (bicyclic) bond motifs is 1. The minimum atomic E-state index is -0.923. The summed E-state index contributed by atoms with van der Waals surface area (Å²) in [5.41, 5.74) is 0.440. The summed E-state index contributed by atoms with van der Waals surface area (Å²) < 4.78 is 5.12. The zero-order valence-electron chi connectivity index (χ0n) is 15.3. The molecule has 7 nitrogen and oxygen atoms in total. The summed E-state index contributed by atoms with van der Waals surface area (Å²) in [4.78, 5) is 25.3. The summed E-state index contributed by atoms with van der Waals surface area (Å²) in [6, 6.07) is 17.3. The third-order valence-corrected chi connectivity index (χ3v) is 5.16. The van der Waals surface area contributed by atoms with E-state index in [1.165, 1.54) is 5.56 Å². The van der Waals surface area contributed by atoms with Crippen molar-refractivity contribution in [3.63, 3.8) is 0 Å². The maximum atomic E-state index is 12.1. The second-order valence-corrected chi connectivity index (χ2v) is 7.05. The Labute approximate surface area is 161 Å². The van der Waals surface area contributed by atoms with E-state index in [-0.39, 0.29) is 11.7 Å². The number of nitro groups is 1. The van der Waals surface area contributed by atoms with Gasteiger partial charge < -0.3 is 9.73 Å². The molecule has 0 aliphatic carbocycles. The first-order valence-electron chi connectivity index (χ1n) is 9.35. The zero-order chi connectivity index (χ0) is 19.5. The lowest BCUT2D eigenvalue weighted by atomic mass is 10.0. The molecule has 3 aromatic rings. The normalized spacial score (nSPS) is 15.6. The number of nitrogens with zero attached hydrogens (tertiary/aromatic N) is 2. The quantitative estimate of drug-likeness (QED) is 0.412. The number of likely N-dealkylation sites (tertiary alicyclic amines) is 1. The number of hydrogen-bond donors (Lipinski definition) is 1. The molecule has 0 unspecified atom stereocenters. The summed E-state index contributed by atoms with van der Waals surface area (Å²) in [5, 5.41) is 15.3. The Morgan fingerprint density at radius 2 is 1.75 bits per heavy atom. The van der Waals surface area contributed by atoms with E-state index in [0.717, 1.165) is 32.5 Å². The van der Waals surface area contributed by atoms with Gasteiger partial charge in [-0.2, -0.15) is 0 Å². The molecule has 1 N–H and O–H groups in total. The maximum absolute atomic E-state index is 12.1. The first kappa shape index (κ1) is 18.2. The fourth-order valence-corrected chi connectivity index (χ4v) is 3.73. The van der Waals surface area contributed by atoms with Gasteiger partial charge in [-0.1, -0.05) is 42.5 Å². The second kappa shape index (κ2) is 7.82. The van der Waals surface area contributed by atoms with E-state index in [4.69, 9.17) is 4.42 Å². The first-order chi connectivity index (χ1) is 13.6. The SMILES string of the molecule is O=c1oc2ccccc2c(NC2CCN(Cc3ccccc3)CC2)c1[N+](=O)[O-]. The number of para-hydroxylation sites is 1. The van der Waals surface area contributed by atoms with Crippen molar-refractivity contribution >= 4 is 22.3 Å². The molecule has 144 valence electrons. The molecule has 1 aliphatic heterocycles. The molecule has 1 fully saturated rings. The van der Waals surface area contributed by atoms with Gasteiger partial charge in [0.25, 0.3) is 0 Å². The van der Waals surface area contributed by atoms with Gasteiger partial charge in [0.2, 0.25) is 0 Å². The summed E-state index contributed by atoms with van der Waals surface area (Å²) in [5.74, 6) is 0. The van der Waals surface area contributed by atoms with Crippen LogP contribution in [0.25, 0.3) is 11.0 Å². The fraction of sp³-hybridized carbons (Fsp3) is 0.286. The van der Waals surface area contributed by atoms with Crippen molar-refractivity contribution in [3.05, 3.63) is 80.7 Å². The third-order valence-electron chi connectivity index (χ3n) is 5.16. The number of piperidine rings is 1. The molecule has 0 amide bonds. The molecule has 28 heavy (non-hydrogen) atoms. The van der Waals surface area contributed by atoms with E-state index in [0.29, 0.717) is 11.0 Å². The van der Waals surface area contributed by atoms with Gasteiger partial charge in [0.05, 0.1) is 4.92 Å². The Hall–Kier alpha value is -3.19. The predicted octanol–water partition coefficient (Wildman–Crippen LogP) is 3.78. The highest BCUT2D eigenvalue weighted by molar-refractivity contribution is 5.94. The van der Waals surface area contributed by atoms with Crippen LogP contribution < -0.4 is 10.9 Å². The van der Waals surface area contributed by atoms with Crippen LogP contribution in [0.5, 0.6) is 0 Å². The van der Waals surface area contributed by atoms with Gasteiger partial charge in [-0.15, -0.1) is 0 Å².